The summed E-state index contributed by atoms with van der Waals surface area (Å²) >= 11 is 3.35. The molecule has 0 unspecified atom stereocenters. The van der Waals surface area contributed by atoms with E-state index in [0.717, 1.165) is 23.9 Å². The minimum atomic E-state index is -0.0412. The lowest BCUT2D eigenvalue weighted by atomic mass is 10.1. The third-order valence-corrected chi connectivity index (χ3v) is 3.52. The van der Waals surface area contributed by atoms with Crippen molar-refractivity contribution in [3.05, 3.63) is 34.3 Å². The third kappa shape index (κ3) is 3.30. The standard InChI is InChI=1S/C13H16BrNO2/c1-9(12-3-2-8-17-12)15-13(16)10-4-6-11(14)7-5-10/h4-7,9,12H,2-3,8H2,1H3,(H,15,16)/t9-,12-/m1/s1. The summed E-state index contributed by atoms with van der Waals surface area (Å²) < 4.78 is 6.52. The Kier molecular flexibility index (Phi) is 4.18. The van der Waals surface area contributed by atoms with Crippen molar-refractivity contribution in [2.45, 2.75) is 31.9 Å². The number of rotatable bonds is 3. The molecule has 0 saturated carbocycles. The van der Waals surface area contributed by atoms with Crippen molar-refractivity contribution < 1.29 is 9.53 Å². The van der Waals surface area contributed by atoms with E-state index in [9.17, 15) is 4.79 Å². The van der Waals surface area contributed by atoms with E-state index in [-0.39, 0.29) is 18.1 Å². The van der Waals surface area contributed by atoms with Crippen molar-refractivity contribution in [2.75, 3.05) is 6.61 Å². The van der Waals surface area contributed by atoms with Crippen LogP contribution in [-0.4, -0.2) is 24.7 Å². The molecule has 4 heteroatoms. The van der Waals surface area contributed by atoms with Crippen molar-refractivity contribution in [2.24, 2.45) is 0 Å². The first-order valence-corrected chi connectivity index (χ1v) is 6.64. The van der Waals surface area contributed by atoms with Gasteiger partial charge in [0.05, 0.1) is 12.1 Å². The number of ether oxygens (including phenoxy) is 1. The summed E-state index contributed by atoms with van der Waals surface area (Å²) in [5.74, 6) is -0.0412. The van der Waals surface area contributed by atoms with Gasteiger partial charge in [-0.25, -0.2) is 0 Å². The quantitative estimate of drug-likeness (QED) is 0.932. The molecule has 0 spiro atoms. The van der Waals surface area contributed by atoms with Gasteiger partial charge in [0.2, 0.25) is 0 Å². The molecule has 1 aromatic carbocycles. The summed E-state index contributed by atoms with van der Waals surface area (Å²) in [6, 6.07) is 7.41. The fourth-order valence-electron chi connectivity index (χ4n) is 1.98. The monoisotopic (exact) mass is 297 g/mol. The van der Waals surface area contributed by atoms with Crippen LogP contribution in [0.3, 0.4) is 0 Å². The van der Waals surface area contributed by atoms with Gasteiger partial charge in [-0.15, -0.1) is 0 Å². The van der Waals surface area contributed by atoms with E-state index in [1.807, 2.05) is 31.2 Å². The molecule has 17 heavy (non-hydrogen) atoms. The Morgan fingerprint density at radius 1 is 1.47 bits per heavy atom. The van der Waals surface area contributed by atoms with Gasteiger partial charge < -0.3 is 10.1 Å². The van der Waals surface area contributed by atoms with Crippen LogP contribution >= 0.6 is 15.9 Å². The molecule has 3 nitrogen and oxygen atoms in total. The fraction of sp³-hybridized carbons (Fsp3) is 0.462. The largest absolute Gasteiger partial charge is 0.376 e. The molecule has 0 bridgehead atoms. The van der Waals surface area contributed by atoms with E-state index in [0.29, 0.717) is 5.56 Å². The van der Waals surface area contributed by atoms with E-state index in [2.05, 4.69) is 21.2 Å². The van der Waals surface area contributed by atoms with Crippen LogP contribution in [0.1, 0.15) is 30.1 Å². The smallest absolute Gasteiger partial charge is 0.251 e. The predicted molar refractivity (Wildman–Crippen MR) is 70.0 cm³/mol. The van der Waals surface area contributed by atoms with E-state index in [1.54, 1.807) is 0 Å². The average Bonchev–Trinajstić information content (AvgIpc) is 2.83. The second-order valence-corrected chi connectivity index (χ2v) is 5.24. The first-order valence-electron chi connectivity index (χ1n) is 5.85. The van der Waals surface area contributed by atoms with Crippen molar-refractivity contribution in [3.63, 3.8) is 0 Å². The topological polar surface area (TPSA) is 38.3 Å². The van der Waals surface area contributed by atoms with Crippen LogP contribution in [-0.2, 0) is 4.74 Å². The van der Waals surface area contributed by atoms with Crippen LogP contribution < -0.4 is 5.32 Å². The second-order valence-electron chi connectivity index (χ2n) is 4.32. The van der Waals surface area contributed by atoms with Crippen LogP contribution in [0.4, 0.5) is 0 Å². The molecular formula is C13H16BrNO2. The molecule has 1 aliphatic heterocycles. The number of halogens is 1. The third-order valence-electron chi connectivity index (χ3n) is 2.99. The first-order chi connectivity index (χ1) is 8.16. The van der Waals surface area contributed by atoms with Gasteiger partial charge in [0.1, 0.15) is 0 Å². The zero-order valence-corrected chi connectivity index (χ0v) is 11.4. The number of carbonyl (C=O) groups is 1. The molecule has 1 heterocycles. The van der Waals surface area contributed by atoms with Crippen LogP contribution in [0.15, 0.2) is 28.7 Å². The highest BCUT2D eigenvalue weighted by Gasteiger charge is 2.23. The molecule has 0 aromatic heterocycles. The molecule has 0 radical (unpaired) electrons. The summed E-state index contributed by atoms with van der Waals surface area (Å²) in [7, 11) is 0. The van der Waals surface area contributed by atoms with Crippen molar-refractivity contribution >= 4 is 21.8 Å². The van der Waals surface area contributed by atoms with Crippen molar-refractivity contribution in [1.29, 1.82) is 0 Å². The molecule has 92 valence electrons. The number of hydrogen-bond acceptors (Lipinski definition) is 2. The summed E-state index contributed by atoms with van der Waals surface area (Å²) in [6.45, 7) is 2.80. The molecule has 1 aliphatic rings. The lowest BCUT2D eigenvalue weighted by Crippen LogP contribution is -2.40. The Balaban J connectivity index is 1.94. The highest BCUT2D eigenvalue weighted by atomic mass is 79.9. The van der Waals surface area contributed by atoms with E-state index >= 15 is 0 Å². The molecule has 1 aromatic rings. The lowest BCUT2D eigenvalue weighted by Gasteiger charge is -2.19. The van der Waals surface area contributed by atoms with Gasteiger partial charge in [0.25, 0.3) is 5.91 Å². The normalized spacial score (nSPS) is 21.2. The summed E-state index contributed by atoms with van der Waals surface area (Å²) in [4.78, 5) is 11.9. The van der Waals surface area contributed by atoms with Crippen molar-refractivity contribution in [3.8, 4) is 0 Å². The zero-order valence-electron chi connectivity index (χ0n) is 9.78. The molecule has 1 saturated heterocycles. The Labute approximate surface area is 110 Å². The van der Waals surface area contributed by atoms with Gasteiger partial charge in [0, 0.05) is 16.6 Å². The summed E-state index contributed by atoms with van der Waals surface area (Å²) in [5.41, 5.74) is 0.679. The number of hydrogen-bond donors (Lipinski definition) is 1. The van der Waals surface area contributed by atoms with Gasteiger partial charge in [-0.2, -0.15) is 0 Å². The lowest BCUT2D eigenvalue weighted by molar-refractivity contribution is 0.0712. The molecule has 1 fully saturated rings. The van der Waals surface area contributed by atoms with Crippen LogP contribution in [0, 0.1) is 0 Å². The number of amides is 1. The molecule has 0 aliphatic carbocycles. The Hall–Kier alpha value is -0.870. The molecular weight excluding hydrogens is 282 g/mol. The van der Waals surface area contributed by atoms with E-state index in [4.69, 9.17) is 4.74 Å². The minimum absolute atomic E-state index is 0.0412. The van der Waals surface area contributed by atoms with Crippen molar-refractivity contribution in [1.82, 2.24) is 5.32 Å². The Morgan fingerprint density at radius 3 is 2.76 bits per heavy atom. The summed E-state index contributed by atoms with van der Waals surface area (Å²) in [6.07, 6.45) is 2.28. The number of carbonyl (C=O) groups excluding carboxylic acids is 1. The average molecular weight is 298 g/mol. The molecule has 2 atom stereocenters. The molecule has 1 amide bonds. The molecule has 2 rings (SSSR count). The maximum absolute atomic E-state index is 11.9. The first kappa shape index (κ1) is 12.6. The Bertz CT molecular complexity index is 385. The number of nitrogens with one attached hydrogen (secondary N) is 1. The van der Waals surface area contributed by atoms with Gasteiger partial charge in [-0.3, -0.25) is 4.79 Å². The van der Waals surface area contributed by atoms with Crippen LogP contribution in [0.2, 0.25) is 0 Å². The predicted octanol–water partition coefficient (Wildman–Crippen LogP) is 2.75. The maximum Gasteiger partial charge on any atom is 0.251 e. The SMILES string of the molecule is C[C@@H](NC(=O)c1ccc(Br)cc1)[C@H]1CCCO1. The van der Waals surface area contributed by atoms with Gasteiger partial charge in [-0.1, -0.05) is 15.9 Å². The maximum atomic E-state index is 11.9. The van der Waals surface area contributed by atoms with Gasteiger partial charge in [0.15, 0.2) is 0 Å². The zero-order chi connectivity index (χ0) is 12.3. The van der Waals surface area contributed by atoms with Crippen LogP contribution in [0.5, 0.6) is 0 Å². The van der Waals surface area contributed by atoms with Gasteiger partial charge in [-0.05, 0) is 44.0 Å². The summed E-state index contributed by atoms with van der Waals surface area (Å²) in [5, 5.41) is 2.98. The highest BCUT2D eigenvalue weighted by molar-refractivity contribution is 9.10. The minimum Gasteiger partial charge on any atom is -0.376 e. The van der Waals surface area contributed by atoms with Gasteiger partial charge >= 0.3 is 0 Å². The fourth-order valence-corrected chi connectivity index (χ4v) is 2.25. The second kappa shape index (κ2) is 5.65. The molecule has 1 N–H and O–H groups in total. The van der Waals surface area contributed by atoms with Crippen LogP contribution in [0.25, 0.3) is 0 Å². The highest BCUT2D eigenvalue weighted by Crippen LogP contribution is 2.16. The van der Waals surface area contributed by atoms with E-state index < -0.39 is 0 Å². The Morgan fingerprint density at radius 2 is 2.18 bits per heavy atom. The van der Waals surface area contributed by atoms with E-state index in [1.165, 1.54) is 0 Å². The number of benzene rings is 1.